The van der Waals surface area contributed by atoms with E-state index in [1.807, 2.05) is 34.6 Å². The van der Waals surface area contributed by atoms with Gasteiger partial charge in [-0.2, -0.15) is 13.2 Å². The standard InChI is InChI=1S/C67H124N18O15.C2HF3O2/c1-18-38(12)53(71)67(100)85-51(32-52(70)86)66(99)84-50(31-37(10)11)64(97)79-45(24-20-22-26-69)61(94)75-42(16)58(91)82-47(28-34(4)5)62(95)76-39(13)55(88)73-40(14)57(90)81-48(29-35(6)7)63(96)77-41(15)56(89)78-44(23-19-21-25-68)60(93)74-43(17)59(92)83-49(30-36(8)9)65(98)80-46(54(72)87)27-33(2)3;3-2(4,5)1(6)7/h33-51,53H,18-32,68-69,71H2,1-17H3,(H2,70,86)(H2,72,87)(H,73,88)(H,74,93)(H,75,94)(H,76,95)(H,77,96)(H,78,89)(H,79,97)(H,80,98)(H,81,90)(H,82,91)(H,83,92)(H,84,99)(H,85,100);(H,6,7)/t38-,39-,40-,41-,42-,43-,44-,45-,46-,47-,48-,49-,50-,51-,53-;/m0./s1. The van der Waals surface area contributed by atoms with E-state index in [0.717, 1.165) is 0 Å². The molecule has 0 aromatic heterocycles. The fourth-order valence-corrected chi connectivity index (χ4v) is 10.2. The fraction of sp³-hybridized carbons (Fsp3) is 0.768. The number of unbranched alkanes of at least 4 members (excludes halogenated alkanes) is 2. The molecule has 0 heterocycles. The molecule has 0 rings (SSSR count). The molecule has 15 atom stereocenters. The van der Waals surface area contributed by atoms with Crippen LogP contribution in [0.25, 0.3) is 0 Å². The van der Waals surface area contributed by atoms with Gasteiger partial charge in [-0.05, 0) is 154 Å². The predicted molar refractivity (Wildman–Crippen MR) is 391 cm³/mol. The van der Waals surface area contributed by atoms with E-state index in [2.05, 4.69) is 69.1 Å². The van der Waals surface area contributed by atoms with Crippen molar-refractivity contribution in [3.05, 3.63) is 0 Å². The highest BCUT2D eigenvalue weighted by atomic mass is 19.4. The van der Waals surface area contributed by atoms with Crippen molar-refractivity contribution in [3.8, 4) is 0 Å². The number of hydrogen-bond acceptors (Lipinski definition) is 19. The molecule has 35 nitrogen and oxygen atoms in total. The fourth-order valence-electron chi connectivity index (χ4n) is 10.2. The highest BCUT2D eigenvalue weighted by Gasteiger charge is 2.39. The minimum absolute atomic E-state index is 0.0208. The first-order chi connectivity index (χ1) is 49.4. The van der Waals surface area contributed by atoms with Gasteiger partial charge in [-0.1, -0.05) is 89.5 Å². The van der Waals surface area contributed by atoms with E-state index >= 15 is 0 Å². The molecule has 107 heavy (non-hydrogen) atoms. The number of carboxylic acids is 1. The van der Waals surface area contributed by atoms with Crippen LogP contribution in [-0.2, 0) is 76.7 Å². The molecule has 38 heteroatoms. The van der Waals surface area contributed by atoms with Crippen molar-refractivity contribution in [2.24, 2.45) is 64.2 Å². The molecule has 0 aliphatic heterocycles. The van der Waals surface area contributed by atoms with E-state index in [1.165, 1.54) is 34.6 Å². The molecule has 0 aliphatic carbocycles. The summed E-state index contributed by atoms with van der Waals surface area (Å²) in [6.45, 7) is 29.0. The molecular weight excluding hydrogens is 1410 g/mol. The van der Waals surface area contributed by atoms with E-state index < -0.39 is 192 Å². The summed E-state index contributed by atoms with van der Waals surface area (Å²) < 4.78 is 31.7. The molecule has 0 saturated carbocycles. The lowest BCUT2D eigenvalue weighted by Gasteiger charge is -2.28. The van der Waals surface area contributed by atoms with E-state index in [4.69, 9.17) is 38.6 Å². The molecule has 0 unspecified atom stereocenters. The third-order valence-electron chi connectivity index (χ3n) is 16.5. The Morgan fingerprint density at radius 3 is 0.804 bits per heavy atom. The highest BCUT2D eigenvalue weighted by Crippen LogP contribution is 2.16. The Labute approximate surface area is 625 Å². The summed E-state index contributed by atoms with van der Waals surface area (Å²) in [6, 6.07) is -17.2. The maximum absolute atomic E-state index is 14.0. The zero-order chi connectivity index (χ0) is 83.1. The zero-order valence-electron chi connectivity index (χ0n) is 65.2. The number of nitrogens with two attached hydrogens (primary N) is 5. The van der Waals surface area contributed by atoms with Crippen LogP contribution in [0, 0.1) is 35.5 Å². The van der Waals surface area contributed by atoms with Gasteiger partial charge in [0.2, 0.25) is 88.6 Å². The Bertz CT molecular complexity index is 2940. The minimum Gasteiger partial charge on any atom is -0.475 e. The van der Waals surface area contributed by atoms with Gasteiger partial charge in [-0.15, -0.1) is 0 Å². The second-order valence-electron chi connectivity index (χ2n) is 29.1. The van der Waals surface area contributed by atoms with Crippen molar-refractivity contribution in [2.45, 2.75) is 292 Å². The van der Waals surface area contributed by atoms with Gasteiger partial charge < -0.3 is 103 Å². The van der Waals surface area contributed by atoms with Gasteiger partial charge in [0.1, 0.15) is 78.5 Å². The van der Waals surface area contributed by atoms with Gasteiger partial charge in [-0.25, -0.2) is 4.79 Å². The van der Waals surface area contributed by atoms with Gasteiger partial charge >= 0.3 is 12.1 Å². The van der Waals surface area contributed by atoms with E-state index in [0.29, 0.717) is 32.1 Å². The number of carboxylic acid groups (broad SMARTS) is 1. The first-order valence-corrected chi connectivity index (χ1v) is 36.4. The van der Waals surface area contributed by atoms with Gasteiger partial charge in [0, 0.05) is 0 Å². The molecule has 0 fully saturated rings. The van der Waals surface area contributed by atoms with Crippen molar-refractivity contribution in [3.63, 3.8) is 0 Å². The average molecular weight is 1540 g/mol. The lowest BCUT2D eigenvalue weighted by atomic mass is 9.98. The van der Waals surface area contributed by atoms with Crippen LogP contribution >= 0.6 is 0 Å². The molecule has 0 aromatic rings. The normalized spacial score (nSPS) is 15.6. The lowest BCUT2D eigenvalue weighted by molar-refractivity contribution is -0.192. The summed E-state index contributed by atoms with van der Waals surface area (Å²) in [5.74, 6) is -15.4. The molecule has 0 radical (unpaired) electrons. The van der Waals surface area contributed by atoms with Gasteiger partial charge in [-0.3, -0.25) is 71.9 Å². The summed E-state index contributed by atoms with van der Waals surface area (Å²) in [5, 5.41) is 40.8. The largest absolute Gasteiger partial charge is 0.490 e. The smallest absolute Gasteiger partial charge is 0.475 e. The third kappa shape index (κ3) is 41.8. The molecule has 0 aromatic carbocycles. The van der Waals surface area contributed by atoms with Gasteiger partial charge in [0.15, 0.2) is 0 Å². The van der Waals surface area contributed by atoms with Crippen LogP contribution in [0.4, 0.5) is 13.2 Å². The summed E-state index contributed by atoms with van der Waals surface area (Å²) in [7, 11) is 0. The van der Waals surface area contributed by atoms with Crippen LogP contribution in [-0.4, -0.2) is 204 Å². The molecule has 0 aliphatic rings. The minimum atomic E-state index is -5.08. The Kier molecular flexibility index (Phi) is 47.5. The number of aliphatic carboxylic acids is 1. The van der Waals surface area contributed by atoms with Crippen molar-refractivity contribution >= 4 is 94.6 Å². The Hall–Kier alpha value is -8.81. The van der Waals surface area contributed by atoms with Crippen molar-refractivity contribution in [1.29, 1.82) is 0 Å². The van der Waals surface area contributed by atoms with Crippen molar-refractivity contribution in [1.82, 2.24) is 69.1 Å². The van der Waals surface area contributed by atoms with Gasteiger partial charge in [0.05, 0.1) is 12.5 Å². The number of halogens is 3. The van der Waals surface area contributed by atoms with E-state index in [1.54, 1.807) is 48.5 Å². The number of alkyl halides is 3. The number of rotatable bonds is 49. The van der Waals surface area contributed by atoms with Crippen LogP contribution in [0.1, 0.15) is 201 Å². The topological polar surface area (TPSA) is 580 Å². The first-order valence-electron chi connectivity index (χ1n) is 36.4. The number of nitrogens with one attached hydrogen (secondary N) is 13. The summed E-state index contributed by atoms with van der Waals surface area (Å²) in [6.07, 6.45) is -2.66. The van der Waals surface area contributed by atoms with Crippen molar-refractivity contribution < 1.29 is 95.0 Å². The second-order valence-corrected chi connectivity index (χ2v) is 29.1. The van der Waals surface area contributed by atoms with Crippen LogP contribution in [0.5, 0.6) is 0 Å². The van der Waals surface area contributed by atoms with E-state index in [-0.39, 0.29) is 93.5 Å². The third-order valence-corrected chi connectivity index (χ3v) is 16.5. The van der Waals surface area contributed by atoms with Crippen molar-refractivity contribution in [2.75, 3.05) is 13.1 Å². The quantitative estimate of drug-likeness (QED) is 0.0300. The average Bonchev–Trinajstić information content (AvgIpc) is 0.868. The number of primary amides is 2. The highest BCUT2D eigenvalue weighted by molar-refractivity contribution is 6.00. The number of hydrogen-bond donors (Lipinski definition) is 19. The maximum atomic E-state index is 14.0. The maximum Gasteiger partial charge on any atom is 0.490 e. The number of carbonyl (C=O) groups is 16. The van der Waals surface area contributed by atoms with Gasteiger partial charge in [0.25, 0.3) is 0 Å². The molecule has 614 valence electrons. The molecule has 24 N–H and O–H groups in total. The van der Waals surface area contributed by atoms with Crippen LogP contribution < -0.4 is 97.8 Å². The van der Waals surface area contributed by atoms with Crippen LogP contribution in [0.2, 0.25) is 0 Å². The predicted octanol–water partition coefficient (Wildman–Crippen LogP) is -1.76. The summed E-state index contributed by atoms with van der Waals surface area (Å²) in [5.41, 5.74) is 28.5. The van der Waals surface area contributed by atoms with E-state index in [9.17, 15) is 85.1 Å². The summed E-state index contributed by atoms with van der Waals surface area (Å²) in [4.78, 5) is 211. The Morgan fingerprint density at radius 1 is 0.327 bits per heavy atom. The second kappa shape index (κ2) is 50.7. The molecule has 15 amide bonds. The lowest BCUT2D eigenvalue weighted by Crippen LogP contribution is -2.60. The SMILES string of the molecule is CC[C@H](C)[C@H](N)C(=O)N[C@@H](CC(N)=O)C(=O)N[C@@H](CC(C)C)C(=O)N[C@@H](CCCCN)C(=O)N[C@@H](C)C(=O)N[C@@H](CC(C)C)C(=O)N[C@@H](C)C(=O)N[C@@H](C)C(=O)N[C@@H](CC(C)C)C(=O)N[C@@H](C)C(=O)N[C@@H](CCCCN)C(=O)N[C@@H](C)C(=O)N[C@@H](CC(C)C)C(=O)N[C@@H](CC(C)C)C(N)=O.O=C(O)C(F)(F)F. The van der Waals surface area contributed by atoms with Crippen LogP contribution in [0.3, 0.4) is 0 Å². The molecule has 0 saturated heterocycles. The Balaban J connectivity index is 0. The molecule has 0 bridgehead atoms. The number of carbonyl (C=O) groups excluding carboxylic acids is 15. The van der Waals surface area contributed by atoms with Crippen LogP contribution in [0.15, 0.2) is 0 Å². The number of amides is 15. The Morgan fingerprint density at radius 2 is 0.542 bits per heavy atom. The molecular formula is C69H125F3N18O17. The summed E-state index contributed by atoms with van der Waals surface area (Å²) >= 11 is 0. The molecule has 0 spiro atoms. The monoisotopic (exact) mass is 1530 g/mol. The first kappa shape index (κ1) is 100. The zero-order valence-corrected chi connectivity index (χ0v) is 65.2.